The molecule has 2 N–H and O–H groups in total. The van der Waals surface area contributed by atoms with E-state index in [-0.39, 0.29) is 27.5 Å². The monoisotopic (exact) mass is 512 g/mol. The van der Waals surface area contributed by atoms with E-state index >= 15 is 0 Å². The van der Waals surface area contributed by atoms with E-state index in [4.69, 9.17) is 5.14 Å². The first kappa shape index (κ1) is 24.4. The van der Waals surface area contributed by atoms with E-state index in [9.17, 15) is 34.8 Å². The molecule has 0 saturated carbocycles. The lowest BCUT2D eigenvalue weighted by molar-refractivity contribution is -0.141. The number of pyridine rings is 1. The van der Waals surface area contributed by atoms with Crippen molar-refractivity contribution in [1.29, 1.82) is 0 Å². The van der Waals surface area contributed by atoms with E-state index in [1.807, 2.05) is 0 Å². The van der Waals surface area contributed by atoms with Gasteiger partial charge in [0.1, 0.15) is 17.8 Å². The van der Waals surface area contributed by atoms with Gasteiger partial charge in [0.2, 0.25) is 10.0 Å². The molecule has 2 heterocycles. The molecule has 0 spiro atoms. The SMILES string of the molecule is NS(=O)(=O)c1cccc(-c2cn(-c3cc(-c4ccc(C(F)(F)F)cc4)cc(C(F)(F)F)n3)cn2)c1. The molecule has 2 aromatic carbocycles. The van der Waals surface area contributed by atoms with Crippen LogP contribution >= 0.6 is 0 Å². The number of nitrogens with zero attached hydrogens (tertiary/aromatic N) is 3. The minimum atomic E-state index is -4.83. The molecule has 0 bridgehead atoms. The summed E-state index contributed by atoms with van der Waals surface area (Å²) in [6.07, 6.45) is -6.91. The Kier molecular flexibility index (Phi) is 5.93. The molecule has 0 saturated heterocycles. The zero-order valence-corrected chi connectivity index (χ0v) is 18.2. The first-order valence-corrected chi connectivity index (χ1v) is 11.2. The normalized spacial score (nSPS) is 12.7. The highest BCUT2D eigenvalue weighted by molar-refractivity contribution is 7.89. The summed E-state index contributed by atoms with van der Waals surface area (Å²) in [5.41, 5.74) is -1.52. The standard InChI is InChI=1S/C22H14F6N4O2S/c23-21(24,25)16-6-4-13(5-7-16)15-9-19(22(26,27)28)31-20(10-15)32-11-18(30-12-32)14-2-1-3-17(8-14)35(29,33)34/h1-12H,(H2,29,33,34). The van der Waals surface area contributed by atoms with Gasteiger partial charge in [0, 0.05) is 11.8 Å². The summed E-state index contributed by atoms with van der Waals surface area (Å²) >= 11 is 0. The predicted molar refractivity (Wildman–Crippen MR) is 114 cm³/mol. The molecule has 0 amide bonds. The lowest BCUT2D eigenvalue weighted by atomic mass is 10.0. The van der Waals surface area contributed by atoms with Gasteiger partial charge < -0.3 is 0 Å². The quantitative estimate of drug-likeness (QED) is 0.377. The Hall–Kier alpha value is -3.71. The van der Waals surface area contributed by atoms with Crippen LogP contribution in [0, 0.1) is 0 Å². The van der Waals surface area contributed by atoms with Gasteiger partial charge in [0.25, 0.3) is 0 Å². The maximum Gasteiger partial charge on any atom is 0.433 e. The van der Waals surface area contributed by atoms with Crippen LogP contribution in [0.4, 0.5) is 26.3 Å². The number of benzene rings is 2. The summed E-state index contributed by atoms with van der Waals surface area (Å²) in [7, 11) is -3.99. The molecule has 13 heteroatoms. The van der Waals surface area contributed by atoms with Crippen molar-refractivity contribution in [1.82, 2.24) is 14.5 Å². The van der Waals surface area contributed by atoms with Crippen LogP contribution in [0.25, 0.3) is 28.2 Å². The predicted octanol–water partition coefficient (Wildman–Crippen LogP) is 5.29. The molecule has 182 valence electrons. The molecule has 4 rings (SSSR count). The molecule has 0 atom stereocenters. The van der Waals surface area contributed by atoms with Crippen molar-refractivity contribution < 1.29 is 34.8 Å². The summed E-state index contributed by atoms with van der Waals surface area (Å²) in [4.78, 5) is 7.55. The van der Waals surface area contributed by atoms with Gasteiger partial charge in [-0.1, -0.05) is 24.3 Å². The van der Waals surface area contributed by atoms with E-state index < -0.39 is 33.6 Å². The Bertz CT molecular complexity index is 1490. The molecule has 0 aliphatic heterocycles. The van der Waals surface area contributed by atoms with E-state index in [0.717, 1.165) is 30.3 Å². The maximum atomic E-state index is 13.5. The first-order valence-electron chi connectivity index (χ1n) is 9.66. The molecule has 35 heavy (non-hydrogen) atoms. The number of aromatic nitrogens is 3. The zero-order chi connectivity index (χ0) is 25.6. The highest BCUT2D eigenvalue weighted by Crippen LogP contribution is 2.34. The lowest BCUT2D eigenvalue weighted by Crippen LogP contribution is -2.11. The van der Waals surface area contributed by atoms with Crippen molar-refractivity contribution in [3.8, 4) is 28.2 Å². The molecule has 6 nitrogen and oxygen atoms in total. The van der Waals surface area contributed by atoms with Crippen LogP contribution in [0.15, 0.2) is 78.1 Å². The molecular weight excluding hydrogens is 498 g/mol. The average molecular weight is 512 g/mol. The fourth-order valence-electron chi connectivity index (χ4n) is 3.24. The van der Waals surface area contributed by atoms with Crippen LogP contribution in [0.3, 0.4) is 0 Å². The molecule has 0 aliphatic carbocycles. The van der Waals surface area contributed by atoms with Crippen molar-refractivity contribution in [2.24, 2.45) is 5.14 Å². The first-order chi connectivity index (χ1) is 16.2. The summed E-state index contributed by atoms with van der Waals surface area (Å²) < 4.78 is 103. The fourth-order valence-corrected chi connectivity index (χ4v) is 3.80. The Balaban J connectivity index is 1.78. The van der Waals surface area contributed by atoms with Crippen molar-refractivity contribution in [2.75, 3.05) is 0 Å². The van der Waals surface area contributed by atoms with E-state index in [0.29, 0.717) is 5.56 Å². The van der Waals surface area contributed by atoms with Gasteiger partial charge >= 0.3 is 12.4 Å². The van der Waals surface area contributed by atoms with Crippen molar-refractivity contribution in [3.63, 3.8) is 0 Å². The number of alkyl halides is 6. The van der Waals surface area contributed by atoms with Gasteiger partial charge in [-0.25, -0.2) is 23.5 Å². The highest BCUT2D eigenvalue weighted by Gasteiger charge is 2.34. The van der Waals surface area contributed by atoms with Crippen LogP contribution < -0.4 is 5.14 Å². The molecule has 0 aliphatic rings. The minimum absolute atomic E-state index is 0.0116. The molecule has 2 aromatic heterocycles. The maximum absolute atomic E-state index is 13.5. The summed E-state index contributed by atoms with van der Waals surface area (Å²) in [6.45, 7) is 0. The summed E-state index contributed by atoms with van der Waals surface area (Å²) in [5.74, 6) is -0.198. The van der Waals surface area contributed by atoms with Crippen LogP contribution in [0.1, 0.15) is 11.3 Å². The number of sulfonamides is 1. The zero-order valence-electron chi connectivity index (χ0n) is 17.3. The highest BCUT2D eigenvalue weighted by atomic mass is 32.2. The van der Waals surface area contributed by atoms with E-state index in [1.54, 1.807) is 0 Å². The Morgan fingerprint density at radius 2 is 1.49 bits per heavy atom. The number of primary sulfonamides is 1. The topological polar surface area (TPSA) is 90.9 Å². The number of rotatable bonds is 4. The van der Waals surface area contributed by atoms with Crippen molar-refractivity contribution in [3.05, 3.63) is 84.4 Å². The molecule has 0 radical (unpaired) electrons. The van der Waals surface area contributed by atoms with Gasteiger partial charge in [-0.2, -0.15) is 26.3 Å². The summed E-state index contributed by atoms with van der Waals surface area (Å²) in [6, 6.07) is 11.2. The number of hydrogen-bond acceptors (Lipinski definition) is 4. The van der Waals surface area contributed by atoms with Gasteiger partial charge in [-0.05, 0) is 47.5 Å². The number of nitrogens with two attached hydrogens (primary N) is 1. The third kappa shape index (κ3) is 5.35. The van der Waals surface area contributed by atoms with Crippen molar-refractivity contribution >= 4 is 10.0 Å². The number of hydrogen-bond donors (Lipinski definition) is 1. The lowest BCUT2D eigenvalue weighted by Gasteiger charge is -2.13. The molecule has 0 unspecified atom stereocenters. The Labute approximate surface area is 194 Å². The van der Waals surface area contributed by atoms with Gasteiger partial charge in [-0.3, -0.25) is 4.57 Å². The smallest absolute Gasteiger partial charge is 0.290 e. The molecule has 4 aromatic rings. The average Bonchev–Trinajstić information content (AvgIpc) is 3.28. The minimum Gasteiger partial charge on any atom is -0.290 e. The van der Waals surface area contributed by atoms with Crippen LogP contribution in [0.5, 0.6) is 0 Å². The Morgan fingerprint density at radius 1 is 0.800 bits per heavy atom. The molecule has 0 fully saturated rings. The third-order valence-electron chi connectivity index (χ3n) is 4.95. The molecular formula is C22H14F6N4O2S. The second-order valence-corrected chi connectivity index (χ2v) is 8.97. The fraction of sp³-hybridized carbons (Fsp3) is 0.0909. The number of halogens is 6. The van der Waals surface area contributed by atoms with Crippen LogP contribution in [0.2, 0.25) is 0 Å². The van der Waals surface area contributed by atoms with E-state index in [1.165, 1.54) is 47.4 Å². The van der Waals surface area contributed by atoms with Crippen molar-refractivity contribution in [2.45, 2.75) is 17.2 Å². The Morgan fingerprint density at radius 3 is 2.09 bits per heavy atom. The second kappa shape index (κ2) is 8.50. The van der Waals surface area contributed by atoms with Crippen LogP contribution in [-0.2, 0) is 22.4 Å². The largest absolute Gasteiger partial charge is 0.433 e. The second-order valence-electron chi connectivity index (χ2n) is 7.41. The summed E-state index contributed by atoms with van der Waals surface area (Å²) in [5, 5.41) is 5.13. The van der Waals surface area contributed by atoms with Crippen LogP contribution in [-0.4, -0.2) is 23.0 Å². The van der Waals surface area contributed by atoms with Gasteiger partial charge in [-0.15, -0.1) is 0 Å². The van der Waals surface area contributed by atoms with Gasteiger partial charge in [0.15, 0.2) is 0 Å². The third-order valence-corrected chi connectivity index (χ3v) is 5.86. The number of imidazole rings is 1. The van der Waals surface area contributed by atoms with Gasteiger partial charge in [0.05, 0.1) is 16.2 Å². The van der Waals surface area contributed by atoms with E-state index in [2.05, 4.69) is 9.97 Å².